The van der Waals surface area contributed by atoms with Crippen LogP contribution in [0.4, 0.5) is 0 Å². The lowest BCUT2D eigenvalue weighted by molar-refractivity contribution is 0.266. The molecule has 0 bridgehead atoms. The zero-order valence-electron chi connectivity index (χ0n) is 18.2. The first-order valence-corrected chi connectivity index (χ1v) is 10.8. The molecule has 0 saturated heterocycles. The summed E-state index contributed by atoms with van der Waals surface area (Å²) in [6.45, 7) is 0.193. The number of methoxy groups -OCH3 is 2. The first-order valence-electron chi connectivity index (χ1n) is 10.0. The van der Waals surface area contributed by atoms with Crippen molar-refractivity contribution in [1.82, 2.24) is 9.66 Å². The van der Waals surface area contributed by atoms with Crippen LogP contribution in [0.25, 0.3) is 10.9 Å². The molecule has 1 aromatic heterocycles. The van der Waals surface area contributed by atoms with Gasteiger partial charge < -0.3 is 19.2 Å². The second-order valence-corrected chi connectivity index (χ2v) is 7.94. The molecule has 3 aromatic carbocycles. The van der Waals surface area contributed by atoms with E-state index in [4.69, 9.17) is 37.4 Å². The number of hydrogen-bond donors (Lipinski definition) is 1. The van der Waals surface area contributed by atoms with Crippen LogP contribution in [-0.2, 0) is 6.61 Å². The zero-order valence-corrected chi connectivity index (χ0v) is 19.7. The van der Waals surface area contributed by atoms with Crippen LogP contribution in [0.1, 0.15) is 11.1 Å². The molecule has 0 aliphatic carbocycles. The van der Waals surface area contributed by atoms with Crippen LogP contribution in [0.15, 0.2) is 69.3 Å². The number of aromatic nitrogens is 2. The molecule has 0 unspecified atom stereocenters. The molecule has 8 nitrogen and oxygen atoms in total. The molecule has 0 amide bonds. The normalized spacial score (nSPS) is 11.2. The Morgan fingerprint density at radius 2 is 1.68 bits per heavy atom. The van der Waals surface area contributed by atoms with Crippen LogP contribution in [0.5, 0.6) is 17.2 Å². The molecular formula is C24H19Cl2N3O5. The summed E-state index contributed by atoms with van der Waals surface area (Å²) >= 11 is 12.0. The maximum absolute atomic E-state index is 12.7. The number of para-hydroxylation sites is 1. The molecule has 4 aromatic rings. The van der Waals surface area contributed by atoms with Gasteiger partial charge in [-0.15, -0.1) is 4.68 Å². The predicted molar refractivity (Wildman–Crippen MR) is 132 cm³/mol. The van der Waals surface area contributed by atoms with E-state index in [9.17, 15) is 9.59 Å². The third kappa shape index (κ3) is 4.78. The van der Waals surface area contributed by atoms with Gasteiger partial charge in [-0.05, 0) is 42.0 Å². The minimum absolute atomic E-state index is 0.193. The van der Waals surface area contributed by atoms with E-state index in [1.807, 2.05) is 0 Å². The summed E-state index contributed by atoms with van der Waals surface area (Å²) < 4.78 is 17.6. The van der Waals surface area contributed by atoms with E-state index in [2.05, 4.69) is 10.1 Å². The number of hydrogen-bond acceptors (Lipinski definition) is 6. The monoisotopic (exact) mass is 499 g/mol. The number of fused-ring (bicyclic) bond motifs is 1. The molecule has 10 heteroatoms. The van der Waals surface area contributed by atoms with E-state index in [0.717, 1.165) is 10.2 Å². The Kier molecular flexibility index (Phi) is 6.90. The summed E-state index contributed by atoms with van der Waals surface area (Å²) in [6, 6.07) is 15.2. The van der Waals surface area contributed by atoms with Gasteiger partial charge >= 0.3 is 5.69 Å². The van der Waals surface area contributed by atoms with Gasteiger partial charge in [0.1, 0.15) is 6.61 Å². The quantitative estimate of drug-likeness (QED) is 0.378. The van der Waals surface area contributed by atoms with E-state index in [1.54, 1.807) is 54.6 Å². The maximum atomic E-state index is 12.7. The first kappa shape index (κ1) is 23.4. The summed E-state index contributed by atoms with van der Waals surface area (Å²) in [5.74, 6) is 1.12. The number of halogens is 2. The zero-order chi connectivity index (χ0) is 24.2. The van der Waals surface area contributed by atoms with Crippen LogP contribution in [0, 0.1) is 0 Å². The Morgan fingerprint density at radius 3 is 2.35 bits per heavy atom. The van der Waals surface area contributed by atoms with Crippen molar-refractivity contribution in [2.24, 2.45) is 5.10 Å². The summed E-state index contributed by atoms with van der Waals surface area (Å²) in [4.78, 5) is 27.7. The number of rotatable bonds is 7. The van der Waals surface area contributed by atoms with Gasteiger partial charge in [-0.3, -0.25) is 4.79 Å². The standard InChI is InChI=1S/C24H19Cl2N3O5/c1-32-20-10-15(12-27-29-23(30)16-5-3-4-6-19(16)28-24(29)31)11-21(33-2)22(20)34-13-14-7-8-17(25)18(26)9-14/h3-12H,13H2,1-2H3,(H,28,31). The summed E-state index contributed by atoms with van der Waals surface area (Å²) in [6.07, 6.45) is 1.36. The minimum atomic E-state index is -0.652. The largest absolute Gasteiger partial charge is 0.493 e. The van der Waals surface area contributed by atoms with E-state index < -0.39 is 11.2 Å². The van der Waals surface area contributed by atoms with Crippen molar-refractivity contribution in [1.29, 1.82) is 0 Å². The Balaban J connectivity index is 1.66. The van der Waals surface area contributed by atoms with Gasteiger partial charge in [0.15, 0.2) is 11.5 Å². The number of aromatic amines is 1. The van der Waals surface area contributed by atoms with Gasteiger partial charge in [-0.25, -0.2) is 4.79 Å². The second-order valence-electron chi connectivity index (χ2n) is 7.13. The fourth-order valence-electron chi connectivity index (χ4n) is 3.28. The summed E-state index contributed by atoms with van der Waals surface area (Å²) in [5.41, 5.74) is 0.585. The molecule has 0 saturated carbocycles. The Bertz CT molecular complexity index is 1490. The third-order valence-corrected chi connectivity index (χ3v) is 5.70. The summed E-state index contributed by atoms with van der Waals surface area (Å²) in [5, 5.41) is 5.30. The highest BCUT2D eigenvalue weighted by atomic mass is 35.5. The topological polar surface area (TPSA) is 94.9 Å². The van der Waals surface area contributed by atoms with Crippen molar-refractivity contribution in [3.63, 3.8) is 0 Å². The first-order chi connectivity index (χ1) is 16.4. The van der Waals surface area contributed by atoms with Gasteiger partial charge in [-0.1, -0.05) is 41.4 Å². The number of benzene rings is 3. The van der Waals surface area contributed by atoms with E-state index >= 15 is 0 Å². The average molecular weight is 500 g/mol. The van der Waals surface area contributed by atoms with Gasteiger partial charge in [0.05, 0.1) is 41.4 Å². The third-order valence-electron chi connectivity index (χ3n) is 4.96. The fourth-order valence-corrected chi connectivity index (χ4v) is 3.60. The molecule has 1 N–H and O–H groups in total. The Hall–Kier alpha value is -3.75. The molecule has 0 aliphatic rings. The minimum Gasteiger partial charge on any atom is -0.493 e. The lowest BCUT2D eigenvalue weighted by Crippen LogP contribution is -2.32. The van der Waals surface area contributed by atoms with Crippen molar-refractivity contribution in [2.45, 2.75) is 6.61 Å². The van der Waals surface area contributed by atoms with E-state index in [0.29, 0.717) is 43.8 Å². The molecular weight excluding hydrogens is 481 g/mol. The number of nitrogens with one attached hydrogen (secondary N) is 1. The highest BCUT2D eigenvalue weighted by molar-refractivity contribution is 6.42. The van der Waals surface area contributed by atoms with Crippen molar-refractivity contribution < 1.29 is 14.2 Å². The maximum Gasteiger partial charge on any atom is 0.349 e. The highest BCUT2D eigenvalue weighted by Crippen LogP contribution is 2.39. The molecule has 4 rings (SSSR count). The average Bonchev–Trinajstić information content (AvgIpc) is 2.84. The lowest BCUT2D eigenvalue weighted by atomic mass is 10.2. The van der Waals surface area contributed by atoms with Gasteiger partial charge in [0.2, 0.25) is 5.75 Å². The molecule has 0 aliphatic heterocycles. The van der Waals surface area contributed by atoms with Crippen LogP contribution in [0.3, 0.4) is 0 Å². The predicted octanol–water partition coefficient (Wildman–Crippen LogP) is 4.48. The summed E-state index contributed by atoms with van der Waals surface area (Å²) in [7, 11) is 2.97. The number of H-pyrrole nitrogens is 1. The van der Waals surface area contributed by atoms with Crippen LogP contribution in [0.2, 0.25) is 10.0 Å². The van der Waals surface area contributed by atoms with Crippen LogP contribution >= 0.6 is 23.2 Å². The molecule has 0 radical (unpaired) electrons. The molecule has 1 heterocycles. The Morgan fingerprint density at radius 1 is 0.971 bits per heavy atom. The smallest absolute Gasteiger partial charge is 0.349 e. The van der Waals surface area contributed by atoms with Gasteiger partial charge in [0, 0.05) is 5.56 Å². The molecule has 34 heavy (non-hydrogen) atoms. The van der Waals surface area contributed by atoms with Crippen LogP contribution < -0.4 is 25.5 Å². The lowest BCUT2D eigenvalue weighted by Gasteiger charge is -2.15. The molecule has 174 valence electrons. The van der Waals surface area contributed by atoms with Gasteiger partial charge in [0.25, 0.3) is 5.56 Å². The fraction of sp³-hybridized carbons (Fsp3) is 0.125. The second kappa shape index (κ2) is 10.0. The number of nitrogens with zero attached hydrogens (tertiary/aromatic N) is 2. The van der Waals surface area contributed by atoms with Crippen molar-refractivity contribution in [3.05, 3.63) is 96.6 Å². The van der Waals surface area contributed by atoms with E-state index in [1.165, 1.54) is 20.4 Å². The Labute approximate surface area is 203 Å². The molecule has 0 fully saturated rings. The van der Waals surface area contributed by atoms with Gasteiger partial charge in [-0.2, -0.15) is 5.10 Å². The van der Waals surface area contributed by atoms with Crippen molar-refractivity contribution in [3.8, 4) is 17.2 Å². The van der Waals surface area contributed by atoms with Crippen molar-refractivity contribution in [2.75, 3.05) is 14.2 Å². The molecule has 0 spiro atoms. The van der Waals surface area contributed by atoms with E-state index in [-0.39, 0.29) is 6.61 Å². The highest BCUT2D eigenvalue weighted by Gasteiger charge is 2.15. The van der Waals surface area contributed by atoms with Crippen LogP contribution in [-0.4, -0.2) is 30.1 Å². The SMILES string of the molecule is COc1cc(C=Nn2c(=O)[nH]c3ccccc3c2=O)cc(OC)c1OCc1ccc(Cl)c(Cl)c1. The molecule has 0 atom stereocenters. The number of ether oxygens (including phenoxy) is 3. The van der Waals surface area contributed by atoms with Crippen molar-refractivity contribution >= 4 is 40.3 Å².